The zero-order chi connectivity index (χ0) is 18.0. The minimum absolute atomic E-state index is 0.0876. The van der Waals surface area contributed by atoms with Gasteiger partial charge >= 0.3 is 5.97 Å². The van der Waals surface area contributed by atoms with Gasteiger partial charge in [0, 0.05) is 10.6 Å². The van der Waals surface area contributed by atoms with E-state index in [2.05, 4.69) is 0 Å². The maximum atomic E-state index is 12.3. The minimum Gasteiger partial charge on any atom is -0.477 e. The summed E-state index contributed by atoms with van der Waals surface area (Å²) in [6, 6.07) is 18.3. The molecule has 0 aliphatic rings. The summed E-state index contributed by atoms with van der Waals surface area (Å²) in [6.45, 7) is 1.49. The average Bonchev–Trinajstić information content (AvgIpc) is 3.01. The van der Waals surface area contributed by atoms with Gasteiger partial charge in [0.15, 0.2) is 0 Å². The number of carbonyl (C=O) groups is 2. The fourth-order valence-corrected chi connectivity index (χ4v) is 3.90. The van der Waals surface area contributed by atoms with E-state index in [-0.39, 0.29) is 10.7 Å². The summed E-state index contributed by atoms with van der Waals surface area (Å²) in [5, 5.41) is 9.63. The number of carboxylic acids is 1. The number of ketones is 1. The third-order valence-corrected chi connectivity index (χ3v) is 5.19. The van der Waals surface area contributed by atoms with E-state index < -0.39 is 11.9 Å². The van der Waals surface area contributed by atoms with Crippen LogP contribution >= 0.6 is 11.3 Å². The zero-order valence-corrected chi connectivity index (χ0v) is 14.4. The molecule has 3 aromatic rings. The van der Waals surface area contributed by atoms with Crippen molar-refractivity contribution in [1.82, 2.24) is 0 Å². The van der Waals surface area contributed by atoms with Gasteiger partial charge in [0.25, 0.3) is 0 Å². The van der Waals surface area contributed by atoms with E-state index in [0.29, 0.717) is 11.3 Å². The molecule has 2 aromatic carbocycles. The number of rotatable bonds is 5. The molecule has 0 amide bonds. The lowest BCUT2D eigenvalue weighted by Gasteiger charge is -2.14. The molecule has 0 aliphatic carbocycles. The summed E-state index contributed by atoms with van der Waals surface area (Å²) < 4.78 is 0. The first-order chi connectivity index (χ1) is 12.0. The van der Waals surface area contributed by atoms with Crippen LogP contribution in [-0.2, 0) is 4.79 Å². The van der Waals surface area contributed by atoms with E-state index in [1.807, 2.05) is 42.5 Å². The van der Waals surface area contributed by atoms with Crippen LogP contribution in [0.4, 0.5) is 5.69 Å². The van der Waals surface area contributed by atoms with Gasteiger partial charge in [-0.05, 0) is 41.8 Å². The van der Waals surface area contributed by atoms with Gasteiger partial charge in [-0.3, -0.25) is 4.79 Å². The first kappa shape index (κ1) is 16.9. The zero-order valence-electron chi connectivity index (χ0n) is 13.6. The molecule has 0 radical (unpaired) electrons. The smallest absolute Gasteiger partial charge is 0.346 e. The van der Waals surface area contributed by atoms with Crippen LogP contribution in [0.25, 0.3) is 10.4 Å². The molecule has 126 valence electrons. The molecule has 5 heteroatoms. The number of hydrogen-bond donors (Lipinski definition) is 2. The number of carbonyl (C=O) groups excluding carboxylic acids is 1. The number of nitrogen functional groups attached to an aromatic ring is 1. The largest absolute Gasteiger partial charge is 0.477 e. The lowest BCUT2D eigenvalue weighted by molar-refractivity contribution is -0.117. The van der Waals surface area contributed by atoms with Crippen molar-refractivity contribution in [1.29, 1.82) is 0 Å². The Labute approximate surface area is 149 Å². The van der Waals surface area contributed by atoms with E-state index in [1.54, 1.807) is 18.2 Å². The number of carboxylic acid groups (broad SMARTS) is 1. The molecule has 0 saturated carbocycles. The van der Waals surface area contributed by atoms with Gasteiger partial charge in [-0.1, -0.05) is 42.5 Å². The predicted molar refractivity (Wildman–Crippen MR) is 100 cm³/mol. The summed E-state index contributed by atoms with van der Waals surface area (Å²) in [6.07, 6.45) is 0. The standard InChI is InChI=1S/C20H17NO3S/c1-12(22)18(14-5-3-2-4-6-14)16-11-17(25-19(16)20(23)24)13-7-9-15(21)10-8-13/h2-11,18H,21H2,1H3,(H,23,24). The Morgan fingerprint density at radius 3 is 2.24 bits per heavy atom. The summed E-state index contributed by atoms with van der Waals surface area (Å²) in [5.41, 5.74) is 8.56. The molecule has 0 spiro atoms. The normalized spacial score (nSPS) is 11.9. The molecule has 1 unspecified atom stereocenters. The molecule has 4 nitrogen and oxygen atoms in total. The Balaban J connectivity index is 2.15. The Morgan fingerprint density at radius 2 is 1.68 bits per heavy atom. The summed E-state index contributed by atoms with van der Waals surface area (Å²) in [4.78, 5) is 25.1. The van der Waals surface area contributed by atoms with Gasteiger partial charge < -0.3 is 10.8 Å². The Bertz CT molecular complexity index is 914. The molecule has 3 rings (SSSR count). The number of aromatic carboxylic acids is 1. The first-order valence-corrected chi connectivity index (χ1v) is 8.57. The molecule has 1 atom stereocenters. The third-order valence-electron chi connectivity index (χ3n) is 4.00. The Kier molecular flexibility index (Phi) is 4.67. The number of Topliss-reactive ketones (excluding diaryl/α,β-unsaturated/α-hetero) is 1. The van der Waals surface area contributed by atoms with E-state index in [0.717, 1.165) is 16.0 Å². The highest BCUT2D eigenvalue weighted by atomic mass is 32.1. The Hall–Kier alpha value is -2.92. The third kappa shape index (κ3) is 3.46. The van der Waals surface area contributed by atoms with Gasteiger partial charge in [0.1, 0.15) is 10.7 Å². The quantitative estimate of drug-likeness (QED) is 0.667. The fraction of sp³-hybridized carbons (Fsp3) is 0.100. The number of anilines is 1. The molecule has 0 bridgehead atoms. The van der Waals surface area contributed by atoms with Crippen LogP contribution in [-0.4, -0.2) is 16.9 Å². The second-order valence-corrected chi connectivity index (χ2v) is 6.83. The molecule has 3 N–H and O–H groups in total. The van der Waals surface area contributed by atoms with Crippen molar-refractivity contribution in [3.8, 4) is 10.4 Å². The molecule has 1 heterocycles. The number of benzene rings is 2. The van der Waals surface area contributed by atoms with Crippen LogP contribution in [0, 0.1) is 0 Å². The predicted octanol–water partition coefficient (Wildman–Crippen LogP) is 4.42. The second kappa shape index (κ2) is 6.91. The molecule has 0 saturated heterocycles. The molecule has 0 fully saturated rings. The van der Waals surface area contributed by atoms with Crippen molar-refractivity contribution in [3.05, 3.63) is 76.7 Å². The van der Waals surface area contributed by atoms with Crippen LogP contribution < -0.4 is 5.73 Å². The van der Waals surface area contributed by atoms with Gasteiger partial charge in [-0.2, -0.15) is 0 Å². The van der Waals surface area contributed by atoms with Gasteiger partial charge in [-0.15, -0.1) is 11.3 Å². The van der Waals surface area contributed by atoms with Crippen LogP contribution in [0.2, 0.25) is 0 Å². The van der Waals surface area contributed by atoms with E-state index in [1.165, 1.54) is 18.3 Å². The second-order valence-electron chi connectivity index (χ2n) is 5.78. The maximum Gasteiger partial charge on any atom is 0.346 e. The van der Waals surface area contributed by atoms with E-state index in [4.69, 9.17) is 5.73 Å². The fourth-order valence-electron chi connectivity index (χ4n) is 2.86. The summed E-state index contributed by atoms with van der Waals surface area (Å²) in [7, 11) is 0. The highest BCUT2D eigenvalue weighted by molar-refractivity contribution is 7.17. The minimum atomic E-state index is -1.02. The molecular formula is C20H17NO3S. The highest BCUT2D eigenvalue weighted by Crippen LogP contribution is 2.38. The monoisotopic (exact) mass is 351 g/mol. The van der Waals surface area contributed by atoms with Crippen molar-refractivity contribution >= 4 is 28.8 Å². The molecular weight excluding hydrogens is 334 g/mol. The van der Waals surface area contributed by atoms with Crippen LogP contribution in [0.5, 0.6) is 0 Å². The van der Waals surface area contributed by atoms with Crippen molar-refractivity contribution in [3.63, 3.8) is 0 Å². The lowest BCUT2D eigenvalue weighted by atomic mass is 9.88. The van der Waals surface area contributed by atoms with Crippen molar-refractivity contribution < 1.29 is 14.7 Å². The maximum absolute atomic E-state index is 12.3. The summed E-state index contributed by atoms with van der Waals surface area (Å²) in [5.74, 6) is -1.70. The highest BCUT2D eigenvalue weighted by Gasteiger charge is 2.27. The van der Waals surface area contributed by atoms with Crippen LogP contribution in [0.1, 0.15) is 33.6 Å². The number of nitrogens with two attached hydrogens (primary N) is 1. The van der Waals surface area contributed by atoms with Gasteiger partial charge in [0.05, 0.1) is 5.92 Å². The molecule has 0 aliphatic heterocycles. The lowest BCUT2D eigenvalue weighted by Crippen LogP contribution is -2.13. The summed E-state index contributed by atoms with van der Waals surface area (Å²) >= 11 is 1.17. The van der Waals surface area contributed by atoms with Crippen molar-refractivity contribution in [2.75, 3.05) is 5.73 Å². The van der Waals surface area contributed by atoms with Crippen molar-refractivity contribution in [2.24, 2.45) is 0 Å². The van der Waals surface area contributed by atoms with E-state index >= 15 is 0 Å². The topological polar surface area (TPSA) is 80.4 Å². The molecule has 25 heavy (non-hydrogen) atoms. The average molecular weight is 351 g/mol. The van der Waals surface area contributed by atoms with Gasteiger partial charge in [0.2, 0.25) is 0 Å². The van der Waals surface area contributed by atoms with Gasteiger partial charge in [-0.25, -0.2) is 4.79 Å². The Morgan fingerprint density at radius 1 is 1.04 bits per heavy atom. The van der Waals surface area contributed by atoms with Crippen LogP contribution in [0.15, 0.2) is 60.7 Å². The number of hydrogen-bond acceptors (Lipinski definition) is 4. The van der Waals surface area contributed by atoms with E-state index in [9.17, 15) is 14.7 Å². The molecule has 1 aromatic heterocycles. The van der Waals surface area contributed by atoms with Crippen molar-refractivity contribution in [2.45, 2.75) is 12.8 Å². The first-order valence-electron chi connectivity index (χ1n) is 7.75. The number of thiophene rings is 1. The SMILES string of the molecule is CC(=O)C(c1ccccc1)c1cc(-c2ccc(N)cc2)sc1C(=O)O. The van der Waals surface area contributed by atoms with Crippen LogP contribution in [0.3, 0.4) is 0 Å².